The molecule has 0 N–H and O–H groups in total. The summed E-state index contributed by atoms with van der Waals surface area (Å²) in [4.78, 5) is 13.1. The van der Waals surface area contributed by atoms with Crippen molar-refractivity contribution in [2.45, 2.75) is 0 Å². The Morgan fingerprint density at radius 2 is 1.83 bits per heavy atom. The monoisotopic (exact) mass is 254 g/mol. The second-order valence-electron chi connectivity index (χ2n) is 4.33. The van der Waals surface area contributed by atoms with Crippen LogP contribution in [0.1, 0.15) is 15.9 Å². The number of halogens is 1. The quantitative estimate of drug-likeness (QED) is 0.459. The summed E-state index contributed by atoms with van der Waals surface area (Å²) >= 11 is 1.30. The van der Waals surface area contributed by atoms with E-state index in [0.717, 1.165) is 21.6 Å². The normalized spacial score (nSPS) is 12.8. The third kappa shape index (κ3) is 1.07. The van der Waals surface area contributed by atoms with Gasteiger partial charge in [-0.2, -0.15) is 0 Å². The van der Waals surface area contributed by atoms with E-state index in [1.807, 2.05) is 36.4 Å². The molecule has 1 aromatic rings. The number of carbonyl (C=O) groups is 1. The minimum Gasteiger partial charge on any atom is -0.288 e. The molecule has 0 aromatic carbocycles. The molecule has 0 unspecified atom stereocenters. The molecule has 86 valence electrons. The molecule has 0 saturated heterocycles. The van der Waals surface area contributed by atoms with Crippen molar-refractivity contribution in [3.05, 3.63) is 58.7 Å². The lowest BCUT2D eigenvalue weighted by Crippen LogP contribution is -1.97. The molecule has 0 amide bonds. The molecule has 0 atom stereocenters. The molecule has 1 nitrogen and oxygen atoms in total. The molecular formula is C15H7FOS. The Morgan fingerprint density at radius 1 is 1.00 bits per heavy atom. The van der Waals surface area contributed by atoms with Gasteiger partial charge in [0, 0.05) is 21.4 Å². The van der Waals surface area contributed by atoms with Gasteiger partial charge in [-0.1, -0.05) is 30.3 Å². The lowest BCUT2D eigenvalue weighted by Gasteiger charge is -1.96. The first-order valence-electron chi connectivity index (χ1n) is 5.61. The zero-order chi connectivity index (χ0) is 12.3. The standard InChI is InChI=1S/C15H7FOS/c16-11-7-18-15-10-6-8-4-2-1-3-5-9(8)12(10)14(17)13(11)15/h1-7H. The average molecular weight is 254 g/mol. The number of ketones is 1. The van der Waals surface area contributed by atoms with Crippen molar-refractivity contribution in [1.82, 2.24) is 0 Å². The van der Waals surface area contributed by atoms with E-state index in [2.05, 4.69) is 0 Å². The summed E-state index contributed by atoms with van der Waals surface area (Å²) in [6, 6.07) is 11.6. The Morgan fingerprint density at radius 3 is 2.72 bits per heavy atom. The van der Waals surface area contributed by atoms with Crippen molar-refractivity contribution >= 4 is 17.1 Å². The molecule has 1 heterocycles. The smallest absolute Gasteiger partial charge is 0.198 e. The third-order valence-corrected chi connectivity index (χ3v) is 4.34. The van der Waals surface area contributed by atoms with Crippen LogP contribution in [-0.2, 0) is 0 Å². The van der Waals surface area contributed by atoms with E-state index in [1.165, 1.54) is 16.7 Å². The van der Waals surface area contributed by atoms with E-state index in [9.17, 15) is 9.18 Å². The van der Waals surface area contributed by atoms with Crippen LogP contribution >= 0.6 is 11.3 Å². The first kappa shape index (κ1) is 9.97. The molecule has 0 fully saturated rings. The van der Waals surface area contributed by atoms with Crippen LogP contribution in [-0.4, -0.2) is 5.78 Å². The van der Waals surface area contributed by atoms with Crippen molar-refractivity contribution in [2.75, 3.05) is 0 Å². The Kier molecular flexibility index (Phi) is 1.81. The summed E-state index contributed by atoms with van der Waals surface area (Å²) in [7, 11) is 0. The number of hydrogen-bond acceptors (Lipinski definition) is 2. The Balaban J connectivity index is 2.14. The lowest BCUT2D eigenvalue weighted by molar-refractivity contribution is 0.104. The maximum Gasteiger partial charge on any atom is 0.198 e. The Hall–Kier alpha value is -2.00. The van der Waals surface area contributed by atoms with Crippen LogP contribution in [0.4, 0.5) is 4.39 Å². The summed E-state index contributed by atoms with van der Waals surface area (Å²) in [6.45, 7) is 0. The lowest BCUT2D eigenvalue weighted by atomic mass is 10.1. The van der Waals surface area contributed by atoms with Crippen LogP contribution in [0, 0.1) is 5.82 Å². The summed E-state index contributed by atoms with van der Waals surface area (Å²) in [5.41, 5.74) is 3.71. The maximum atomic E-state index is 13.6. The predicted molar refractivity (Wildman–Crippen MR) is 69.8 cm³/mol. The highest BCUT2D eigenvalue weighted by atomic mass is 32.1. The molecule has 0 radical (unpaired) electrons. The fourth-order valence-electron chi connectivity index (χ4n) is 2.58. The predicted octanol–water partition coefficient (Wildman–Crippen LogP) is 4.20. The highest BCUT2D eigenvalue weighted by Gasteiger charge is 2.35. The second-order valence-corrected chi connectivity index (χ2v) is 5.21. The SMILES string of the molecule is O=C1c2c3cccccc-3cc2-c2scc(F)c21. The van der Waals surface area contributed by atoms with Gasteiger partial charge in [-0.25, -0.2) is 4.39 Å². The summed E-state index contributed by atoms with van der Waals surface area (Å²) in [5, 5.41) is 1.41. The average Bonchev–Trinajstić information content (AvgIpc) is 2.91. The molecule has 0 spiro atoms. The van der Waals surface area contributed by atoms with Gasteiger partial charge in [-0.15, -0.1) is 11.3 Å². The number of thiophene rings is 1. The van der Waals surface area contributed by atoms with E-state index in [0.29, 0.717) is 5.56 Å². The molecule has 4 rings (SSSR count). The van der Waals surface area contributed by atoms with Gasteiger partial charge in [0.2, 0.25) is 0 Å². The summed E-state index contributed by atoms with van der Waals surface area (Å²) in [5.74, 6) is -0.579. The van der Waals surface area contributed by atoms with E-state index >= 15 is 0 Å². The molecule has 0 bridgehead atoms. The van der Waals surface area contributed by atoms with Gasteiger partial charge >= 0.3 is 0 Å². The van der Waals surface area contributed by atoms with Crippen LogP contribution in [0.25, 0.3) is 21.6 Å². The topological polar surface area (TPSA) is 17.1 Å². The van der Waals surface area contributed by atoms with Crippen molar-refractivity contribution < 1.29 is 9.18 Å². The highest BCUT2D eigenvalue weighted by Crippen LogP contribution is 2.48. The van der Waals surface area contributed by atoms with Crippen molar-refractivity contribution in [1.29, 1.82) is 0 Å². The minimum atomic E-state index is -0.398. The zero-order valence-corrected chi connectivity index (χ0v) is 10.1. The fourth-order valence-corrected chi connectivity index (χ4v) is 3.52. The number of carbonyl (C=O) groups excluding carboxylic acids is 1. The maximum absolute atomic E-state index is 13.6. The Labute approximate surface area is 107 Å². The number of fused-ring (bicyclic) bond motifs is 5. The second kappa shape index (κ2) is 3.27. The van der Waals surface area contributed by atoms with E-state index < -0.39 is 5.82 Å². The molecule has 0 saturated carbocycles. The highest BCUT2D eigenvalue weighted by molar-refractivity contribution is 7.14. The largest absolute Gasteiger partial charge is 0.288 e. The van der Waals surface area contributed by atoms with E-state index in [4.69, 9.17) is 0 Å². The molecular weight excluding hydrogens is 247 g/mol. The van der Waals surface area contributed by atoms with Crippen LogP contribution in [0.5, 0.6) is 0 Å². The third-order valence-electron chi connectivity index (χ3n) is 3.36. The van der Waals surface area contributed by atoms with Gasteiger partial charge in [0.05, 0.1) is 5.56 Å². The Bertz CT molecular complexity index is 772. The molecule has 18 heavy (non-hydrogen) atoms. The van der Waals surface area contributed by atoms with Crippen LogP contribution in [0.2, 0.25) is 0 Å². The fraction of sp³-hybridized carbons (Fsp3) is 0. The van der Waals surface area contributed by atoms with E-state index in [-0.39, 0.29) is 11.3 Å². The number of rotatable bonds is 0. The molecule has 3 aliphatic carbocycles. The van der Waals surface area contributed by atoms with Crippen LogP contribution in [0.3, 0.4) is 0 Å². The number of hydrogen-bond donors (Lipinski definition) is 0. The zero-order valence-electron chi connectivity index (χ0n) is 9.24. The molecule has 1 aromatic heterocycles. The minimum absolute atomic E-state index is 0.181. The van der Waals surface area contributed by atoms with Crippen LogP contribution < -0.4 is 0 Å². The first-order chi connectivity index (χ1) is 8.77. The van der Waals surface area contributed by atoms with Gasteiger partial charge < -0.3 is 0 Å². The van der Waals surface area contributed by atoms with Gasteiger partial charge in [0.1, 0.15) is 5.82 Å². The van der Waals surface area contributed by atoms with Crippen LogP contribution in [0.15, 0.2) is 41.8 Å². The van der Waals surface area contributed by atoms with Crippen molar-refractivity contribution in [3.63, 3.8) is 0 Å². The summed E-state index contributed by atoms with van der Waals surface area (Å²) < 4.78 is 13.6. The molecule has 3 aliphatic rings. The van der Waals surface area contributed by atoms with Gasteiger partial charge in [0.15, 0.2) is 5.78 Å². The molecule has 3 heteroatoms. The van der Waals surface area contributed by atoms with E-state index in [1.54, 1.807) is 0 Å². The van der Waals surface area contributed by atoms with Crippen molar-refractivity contribution in [2.24, 2.45) is 0 Å². The van der Waals surface area contributed by atoms with Gasteiger partial charge in [0.25, 0.3) is 0 Å². The van der Waals surface area contributed by atoms with Gasteiger partial charge in [-0.3, -0.25) is 4.79 Å². The first-order valence-corrected chi connectivity index (χ1v) is 6.49. The molecule has 0 aliphatic heterocycles. The van der Waals surface area contributed by atoms with Crippen molar-refractivity contribution in [3.8, 4) is 21.6 Å². The summed E-state index contributed by atoms with van der Waals surface area (Å²) in [6.07, 6.45) is 0. The van der Waals surface area contributed by atoms with Gasteiger partial charge in [-0.05, 0) is 17.2 Å².